The topological polar surface area (TPSA) is 32.3 Å². The lowest BCUT2D eigenvalue weighted by Crippen LogP contribution is -2.39. The Morgan fingerprint density at radius 2 is 1.41 bits per heavy atom. The molecule has 0 aliphatic carbocycles. The molecule has 0 bridgehead atoms. The predicted octanol–water partition coefficient (Wildman–Crippen LogP) is 4.24. The van der Waals surface area contributed by atoms with Gasteiger partial charge in [0.05, 0.1) is 6.10 Å². The Morgan fingerprint density at radius 3 is 1.82 bits per heavy atom. The number of benzene rings is 2. The zero-order valence-corrected chi connectivity index (χ0v) is 13.7. The Bertz CT molecular complexity index is 560. The lowest BCUT2D eigenvalue weighted by atomic mass is 9.83. The van der Waals surface area contributed by atoms with Crippen LogP contribution in [0.4, 0.5) is 0 Å². The van der Waals surface area contributed by atoms with Crippen molar-refractivity contribution in [3.63, 3.8) is 0 Å². The van der Waals surface area contributed by atoms with Crippen LogP contribution in [-0.4, -0.2) is 23.8 Å². The first-order chi connectivity index (χ1) is 10.6. The van der Waals surface area contributed by atoms with Crippen molar-refractivity contribution in [2.45, 2.75) is 30.9 Å². The third-order valence-electron chi connectivity index (χ3n) is 4.31. The van der Waals surface area contributed by atoms with Gasteiger partial charge in [-0.1, -0.05) is 47.5 Å². The van der Waals surface area contributed by atoms with E-state index in [1.165, 1.54) is 0 Å². The molecule has 2 N–H and O–H groups in total. The summed E-state index contributed by atoms with van der Waals surface area (Å²) in [6, 6.07) is 15.5. The smallest absolute Gasteiger partial charge is 0.0802 e. The van der Waals surface area contributed by atoms with Gasteiger partial charge in [0, 0.05) is 22.0 Å². The Balaban J connectivity index is 1.97. The van der Waals surface area contributed by atoms with Gasteiger partial charge in [-0.25, -0.2) is 0 Å². The van der Waals surface area contributed by atoms with Crippen molar-refractivity contribution in [2.24, 2.45) is 0 Å². The summed E-state index contributed by atoms with van der Waals surface area (Å²) in [5.41, 5.74) is 2.13. The summed E-state index contributed by atoms with van der Waals surface area (Å²) in [6.45, 7) is 0.968. The van der Waals surface area contributed by atoms with Gasteiger partial charge in [0.25, 0.3) is 0 Å². The summed E-state index contributed by atoms with van der Waals surface area (Å²) in [6.07, 6.45) is 1.62. The highest BCUT2D eigenvalue weighted by molar-refractivity contribution is 6.30. The Morgan fingerprint density at radius 1 is 0.909 bits per heavy atom. The largest absolute Gasteiger partial charge is 0.391 e. The first-order valence-corrected chi connectivity index (χ1v) is 8.33. The summed E-state index contributed by atoms with van der Waals surface area (Å²) in [7, 11) is 0. The average Bonchev–Trinajstić information content (AvgIpc) is 3.05. The van der Waals surface area contributed by atoms with Crippen molar-refractivity contribution in [3.8, 4) is 0 Å². The fraction of sp³-hybridized carbons (Fsp3) is 0.333. The second-order valence-corrected chi connectivity index (χ2v) is 6.65. The molecule has 0 radical (unpaired) electrons. The molecule has 2 aromatic carbocycles. The number of aliphatic hydroxyl groups excluding tert-OH is 1. The quantitative estimate of drug-likeness (QED) is 0.875. The monoisotopic (exact) mass is 335 g/mol. The molecule has 0 spiro atoms. The Labute approximate surface area is 141 Å². The van der Waals surface area contributed by atoms with Crippen LogP contribution in [0.15, 0.2) is 48.5 Å². The normalized spacial score (nSPS) is 19.5. The molecule has 1 saturated heterocycles. The maximum Gasteiger partial charge on any atom is 0.0802 e. The zero-order chi connectivity index (χ0) is 15.5. The van der Waals surface area contributed by atoms with Gasteiger partial charge in [-0.3, -0.25) is 0 Å². The third kappa shape index (κ3) is 3.47. The van der Waals surface area contributed by atoms with Crippen LogP contribution in [0, 0.1) is 0 Å². The van der Waals surface area contributed by atoms with E-state index in [4.69, 9.17) is 23.2 Å². The van der Waals surface area contributed by atoms with E-state index < -0.39 is 6.10 Å². The van der Waals surface area contributed by atoms with Gasteiger partial charge < -0.3 is 10.4 Å². The van der Waals surface area contributed by atoms with Gasteiger partial charge in [0.1, 0.15) is 0 Å². The van der Waals surface area contributed by atoms with Crippen LogP contribution in [0.2, 0.25) is 10.0 Å². The van der Waals surface area contributed by atoms with E-state index in [0.717, 1.165) is 30.5 Å². The lowest BCUT2D eigenvalue weighted by molar-refractivity contribution is 0.119. The number of nitrogens with one attached hydrogen (secondary N) is 1. The van der Waals surface area contributed by atoms with Crippen molar-refractivity contribution in [3.05, 3.63) is 69.7 Å². The van der Waals surface area contributed by atoms with E-state index in [1.807, 2.05) is 48.5 Å². The molecule has 3 rings (SSSR count). The lowest BCUT2D eigenvalue weighted by Gasteiger charge is -2.28. The van der Waals surface area contributed by atoms with E-state index in [-0.39, 0.29) is 12.0 Å². The van der Waals surface area contributed by atoms with E-state index in [1.54, 1.807) is 0 Å². The van der Waals surface area contributed by atoms with Crippen LogP contribution in [0.1, 0.15) is 29.9 Å². The molecular formula is C18H19Cl2NO. The molecule has 0 unspecified atom stereocenters. The highest BCUT2D eigenvalue weighted by Gasteiger charge is 2.31. The van der Waals surface area contributed by atoms with Crippen molar-refractivity contribution < 1.29 is 5.11 Å². The van der Waals surface area contributed by atoms with E-state index in [2.05, 4.69) is 5.32 Å². The van der Waals surface area contributed by atoms with Crippen molar-refractivity contribution >= 4 is 23.2 Å². The predicted molar refractivity (Wildman–Crippen MR) is 91.8 cm³/mol. The molecule has 1 fully saturated rings. The standard InChI is InChI=1S/C18H19Cl2NO/c19-14-7-3-12(4-8-14)17(13-5-9-15(20)10-6-13)18(22)16-2-1-11-21-16/h3-10,16-18,21-22H,1-2,11H2/t16-,18-/m1/s1. The minimum Gasteiger partial charge on any atom is -0.391 e. The number of rotatable bonds is 4. The number of aliphatic hydroxyl groups is 1. The van der Waals surface area contributed by atoms with Crippen molar-refractivity contribution in [1.29, 1.82) is 0 Å². The molecule has 2 aromatic rings. The maximum atomic E-state index is 10.9. The molecule has 1 aliphatic rings. The second kappa shape index (κ2) is 7.01. The minimum atomic E-state index is -0.482. The fourth-order valence-corrected chi connectivity index (χ4v) is 3.41. The van der Waals surface area contributed by atoms with E-state index >= 15 is 0 Å². The van der Waals surface area contributed by atoms with Gasteiger partial charge >= 0.3 is 0 Å². The molecule has 22 heavy (non-hydrogen) atoms. The van der Waals surface area contributed by atoms with Gasteiger partial charge in [-0.2, -0.15) is 0 Å². The molecule has 2 nitrogen and oxygen atoms in total. The molecule has 1 heterocycles. The molecule has 2 atom stereocenters. The van der Waals surface area contributed by atoms with Gasteiger partial charge in [-0.15, -0.1) is 0 Å². The highest BCUT2D eigenvalue weighted by atomic mass is 35.5. The SMILES string of the molecule is O[C@@H](C(c1ccc(Cl)cc1)c1ccc(Cl)cc1)[C@H]1CCCN1. The molecule has 0 aromatic heterocycles. The van der Waals surface area contributed by atoms with E-state index in [0.29, 0.717) is 10.0 Å². The Hall–Kier alpha value is -1.06. The summed E-state index contributed by atoms with van der Waals surface area (Å²) in [4.78, 5) is 0. The first-order valence-electron chi connectivity index (χ1n) is 7.57. The molecule has 116 valence electrons. The van der Waals surface area contributed by atoms with Crippen molar-refractivity contribution in [2.75, 3.05) is 6.54 Å². The van der Waals surface area contributed by atoms with Gasteiger partial charge in [0.2, 0.25) is 0 Å². The average molecular weight is 336 g/mol. The fourth-order valence-electron chi connectivity index (χ4n) is 3.16. The summed E-state index contributed by atoms with van der Waals surface area (Å²) in [5.74, 6) is -0.0925. The maximum absolute atomic E-state index is 10.9. The van der Waals surface area contributed by atoms with Crippen LogP contribution >= 0.6 is 23.2 Å². The van der Waals surface area contributed by atoms with Gasteiger partial charge in [-0.05, 0) is 54.8 Å². The number of hydrogen-bond acceptors (Lipinski definition) is 2. The summed E-state index contributed by atoms with van der Waals surface area (Å²) in [5, 5.41) is 15.7. The van der Waals surface area contributed by atoms with E-state index in [9.17, 15) is 5.11 Å². The third-order valence-corrected chi connectivity index (χ3v) is 4.81. The van der Waals surface area contributed by atoms with Crippen LogP contribution in [0.3, 0.4) is 0 Å². The molecule has 0 amide bonds. The molecule has 4 heteroatoms. The zero-order valence-electron chi connectivity index (χ0n) is 12.2. The second-order valence-electron chi connectivity index (χ2n) is 5.77. The van der Waals surface area contributed by atoms with Gasteiger partial charge in [0.15, 0.2) is 0 Å². The van der Waals surface area contributed by atoms with Crippen molar-refractivity contribution in [1.82, 2.24) is 5.32 Å². The summed E-state index contributed by atoms with van der Waals surface area (Å²) >= 11 is 12.0. The van der Waals surface area contributed by atoms with Crippen LogP contribution in [-0.2, 0) is 0 Å². The van der Waals surface area contributed by atoms with Crippen LogP contribution in [0.5, 0.6) is 0 Å². The van der Waals surface area contributed by atoms with Crippen LogP contribution in [0.25, 0.3) is 0 Å². The summed E-state index contributed by atoms with van der Waals surface area (Å²) < 4.78 is 0. The molecule has 0 saturated carbocycles. The minimum absolute atomic E-state index is 0.0925. The van der Waals surface area contributed by atoms with Crippen LogP contribution < -0.4 is 5.32 Å². The molecule has 1 aliphatic heterocycles. The first kappa shape index (κ1) is 15.8. The highest BCUT2D eigenvalue weighted by Crippen LogP contribution is 2.33. The Kier molecular flexibility index (Phi) is 5.04. The number of halogens is 2. The molecular weight excluding hydrogens is 317 g/mol. The number of hydrogen-bond donors (Lipinski definition) is 2.